The van der Waals surface area contributed by atoms with Crippen LogP contribution in [0.3, 0.4) is 0 Å². The Hall–Kier alpha value is -3.78. The Morgan fingerprint density at radius 2 is 1.76 bits per heavy atom. The van der Waals surface area contributed by atoms with Crippen LogP contribution in [0.2, 0.25) is 0 Å². The molecule has 5 heteroatoms. The molecule has 3 rings (SSSR count). The summed E-state index contributed by atoms with van der Waals surface area (Å²) in [5.41, 5.74) is 2.16. The minimum atomic E-state index is -0.506. The number of hydrogen-bond donors (Lipinski definition) is 2. The van der Waals surface area contributed by atoms with E-state index in [0.29, 0.717) is 5.69 Å². The van der Waals surface area contributed by atoms with Gasteiger partial charge in [-0.05, 0) is 54.6 Å². The molecule has 1 aromatic heterocycles. The normalized spacial score (nSPS) is 10.9. The first-order valence-corrected chi connectivity index (χ1v) is 7.62. The molecule has 0 atom stereocenters. The SMILES string of the molecule is N#C/C(=C\c1cccn1-c1ccccc1)C(=O)Nc1ccc(O)cc1. The van der Waals surface area contributed by atoms with Crippen LogP contribution in [0.4, 0.5) is 5.69 Å². The van der Waals surface area contributed by atoms with Crippen molar-refractivity contribution in [2.45, 2.75) is 0 Å². The number of phenolic OH excluding ortho intramolecular Hbond substituents is 1. The molecule has 0 radical (unpaired) electrons. The van der Waals surface area contributed by atoms with Gasteiger partial charge in [0.1, 0.15) is 17.4 Å². The van der Waals surface area contributed by atoms with Crippen molar-refractivity contribution in [1.82, 2.24) is 4.57 Å². The molecule has 0 saturated carbocycles. The number of rotatable bonds is 4. The van der Waals surface area contributed by atoms with E-state index in [2.05, 4.69) is 5.32 Å². The fourth-order valence-corrected chi connectivity index (χ4v) is 2.38. The molecule has 0 unspecified atom stereocenters. The lowest BCUT2D eigenvalue weighted by molar-refractivity contribution is -0.112. The summed E-state index contributed by atoms with van der Waals surface area (Å²) in [4.78, 5) is 12.3. The second-order valence-electron chi connectivity index (χ2n) is 5.31. The zero-order chi connectivity index (χ0) is 17.6. The number of nitriles is 1. The first-order valence-electron chi connectivity index (χ1n) is 7.62. The molecule has 0 spiro atoms. The second-order valence-corrected chi connectivity index (χ2v) is 5.31. The summed E-state index contributed by atoms with van der Waals surface area (Å²) in [5.74, 6) is -0.399. The molecule has 3 aromatic rings. The lowest BCUT2D eigenvalue weighted by atomic mass is 10.2. The van der Waals surface area contributed by atoms with Crippen LogP contribution < -0.4 is 5.32 Å². The summed E-state index contributed by atoms with van der Waals surface area (Å²) in [6.07, 6.45) is 3.41. The van der Waals surface area contributed by atoms with Crippen molar-refractivity contribution in [3.05, 3.63) is 84.2 Å². The van der Waals surface area contributed by atoms with Crippen molar-refractivity contribution >= 4 is 17.7 Å². The van der Waals surface area contributed by atoms with Crippen LogP contribution in [0.5, 0.6) is 5.75 Å². The lowest BCUT2D eigenvalue weighted by Gasteiger charge is -2.07. The third-order valence-electron chi connectivity index (χ3n) is 3.60. The van der Waals surface area contributed by atoms with E-state index in [1.165, 1.54) is 12.1 Å². The van der Waals surface area contributed by atoms with Gasteiger partial charge in [-0.25, -0.2) is 0 Å². The number of amides is 1. The van der Waals surface area contributed by atoms with Gasteiger partial charge < -0.3 is 15.0 Å². The second kappa shape index (κ2) is 7.20. The molecule has 5 nitrogen and oxygen atoms in total. The third kappa shape index (κ3) is 3.77. The van der Waals surface area contributed by atoms with Gasteiger partial charge in [0.15, 0.2) is 0 Å². The summed E-state index contributed by atoms with van der Waals surface area (Å²) in [6, 6.07) is 21.3. The summed E-state index contributed by atoms with van der Waals surface area (Å²) in [6.45, 7) is 0. The highest BCUT2D eigenvalue weighted by atomic mass is 16.3. The summed E-state index contributed by atoms with van der Waals surface area (Å²) >= 11 is 0. The van der Waals surface area contributed by atoms with Crippen LogP contribution in [0.25, 0.3) is 11.8 Å². The predicted octanol–water partition coefficient (Wildman–Crippen LogP) is 3.73. The van der Waals surface area contributed by atoms with Crippen LogP contribution in [0.15, 0.2) is 78.5 Å². The lowest BCUT2D eigenvalue weighted by Crippen LogP contribution is -2.13. The third-order valence-corrected chi connectivity index (χ3v) is 3.60. The largest absolute Gasteiger partial charge is 0.508 e. The van der Waals surface area contributed by atoms with E-state index >= 15 is 0 Å². The van der Waals surface area contributed by atoms with Crippen LogP contribution in [-0.2, 0) is 4.79 Å². The van der Waals surface area contributed by atoms with Gasteiger partial charge in [-0.3, -0.25) is 4.79 Å². The van der Waals surface area contributed by atoms with E-state index in [4.69, 9.17) is 0 Å². The highest BCUT2D eigenvalue weighted by molar-refractivity contribution is 6.09. The van der Waals surface area contributed by atoms with Crippen molar-refractivity contribution in [2.75, 3.05) is 5.32 Å². The number of aromatic nitrogens is 1. The maximum Gasteiger partial charge on any atom is 0.266 e. The standard InChI is InChI=1S/C20H15N3O2/c21-14-15(20(25)22-16-8-10-19(24)11-9-16)13-18-7-4-12-23(18)17-5-2-1-3-6-17/h1-13,24H,(H,22,25)/b15-13+. The van der Waals surface area contributed by atoms with Crippen LogP contribution in [-0.4, -0.2) is 15.6 Å². The van der Waals surface area contributed by atoms with Crippen molar-refractivity contribution in [1.29, 1.82) is 5.26 Å². The van der Waals surface area contributed by atoms with E-state index in [1.807, 2.05) is 59.3 Å². The van der Waals surface area contributed by atoms with E-state index in [1.54, 1.807) is 18.2 Å². The van der Waals surface area contributed by atoms with Gasteiger partial charge in [0.2, 0.25) is 0 Å². The number of carbonyl (C=O) groups is 1. The van der Waals surface area contributed by atoms with E-state index < -0.39 is 5.91 Å². The zero-order valence-electron chi connectivity index (χ0n) is 13.3. The molecule has 2 aromatic carbocycles. The molecular formula is C20H15N3O2. The maximum absolute atomic E-state index is 12.3. The van der Waals surface area contributed by atoms with Gasteiger partial charge in [0.05, 0.1) is 0 Å². The Balaban J connectivity index is 1.86. The molecule has 0 aliphatic rings. The van der Waals surface area contributed by atoms with Gasteiger partial charge in [-0.2, -0.15) is 5.26 Å². The van der Waals surface area contributed by atoms with Crippen LogP contribution in [0.1, 0.15) is 5.69 Å². The number of hydrogen-bond acceptors (Lipinski definition) is 3. The number of nitrogens with one attached hydrogen (secondary N) is 1. The zero-order valence-corrected chi connectivity index (χ0v) is 13.3. The first-order chi connectivity index (χ1) is 12.2. The molecule has 0 aliphatic carbocycles. The van der Waals surface area contributed by atoms with Gasteiger partial charge in [0, 0.05) is 23.3 Å². The summed E-state index contributed by atoms with van der Waals surface area (Å²) < 4.78 is 1.89. The fourth-order valence-electron chi connectivity index (χ4n) is 2.38. The van der Waals surface area contributed by atoms with Crippen LogP contribution >= 0.6 is 0 Å². The number of benzene rings is 2. The molecule has 0 aliphatic heterocycles. The van der Waals surface area contributed by atoms with E-state index in [9.17, 15) is 15.2 Å². The van der Waals surface area contributed by atoms with Crippen molar-refractivity contribution < 1.29 is 9.90 Å². The monoisotopic (exact) mass is 329 g/mol. The highest BCUT2D eigenvalue weighted by Gasteiger charge is 2.11. The quantitative estimate of drug-likeness (QED) is 0.435. The fraction of sp³-hybridized carbons (Fsp3) is 0. The minimum absolute atomic E-state index is 0.0102. The molecule has 122 valence electrons. The van der Waals surface area contributed by atoms with Crippen molar-refractivity contribution in [3.63, 3.8) is 0 Å². The average molecular weight is 329 g/mol. The molecule has 2 N–H and O–H groups in total. The van der Waals surface area contributed by atoms with Gasteiger partial charge in [-0.15, -0.1) is 0 Å². The Morgan fingerprint density at radius 1 is 1.04 bits per heavy atom. The van der Waals surface area contributed by atoms with Crippen LogP contribution in [0, 0.1) is 11.3 Å². The number of anilines is 1. The van der Waals surface area contributed by atoms with Crippen molar-refractivity contribution in [2.24, 2.45) is 0 Å². The topological polar surface area (TPSA) is 78.0 Å². The van der Waals surface area contributed by atoms with Gasteiger partial charge in [-0.1, -0.05) is 18.2 Å². The smallest absolute Gasteiger partial charge is 0.266 e. The summed E-state index contributed by atoms with van der Waals surface area (Å²) in [5, 5.41) is 21.3. The Kier molecular flexibility index (Phi) is 4.63. The number of aromatic hydroxyl groups is 1. The molecule has 25 heavy (non-hydrogen) atoms. The molecular weight excluding hydrogens is 314 g/mol. The molecule has 0 saturated heterocycles. The summed E-state index contributed by atoms with van der Waals surface area (Å²) in [7, 11) is 0. The minimum Gasteiger partial charge on any atom is -0.508 e. The van der Waals surface area contributed by atoms with E-state index in [0.717, 1.165) is 11.4 Å². The first kappa shape index (κ1) is 16.1. The number of carbonyl (C=O) groups excluding carboxylic acids is 1. The Bertz CT molecular complexity index is 949. The maximum atomic E-state index is 12.3. The molecule has 1 heterocycles. The molecule has 0 bridgehead atoms. The number of para-hydroxylation sites is 1. The molecule has 0 fully saturated rings. The van der Waals surface area contributed by atoms with Gasteiger partial charge >= 0.3 is 0 Å². The average Bonchev–Trinajstić information content (AvgIpc) is 3.10. The Labute approximate surface area is 145 Å². The number of nitrogens with zero attached hydrogens (tertiary/aromatic N) is 2. The highest BCUT2D eigenvalue weighted by Crippen LogP contribution is 2.17. The van der Waals surface area contributed by atoms with Crippen molar-refractivity contribution in [3.8, 4) is 17.5 Å². The van der Waals surface area contributed by atoms with Gasteiger partial charge in [0.25, 0.3) is 5.91 Å². The molecule has 1 amide bonds. The number of phenols is 1. The predicted molar refractivity (Wildman–Crippen MR) is 96.1 cm³/mol. The van der Waals surface area contributed by atoms with E-state index in [-0.39, 0.29) is 11.3 Å². The Morgan fingerprint density at radius 3 is 2.44 bits per heavy atom.